The molecule has 0 aliphatic rings. The quantitative estimate of drug-likeness (QED) is 0.345. The third-order valence-electron chi connectivity index (χ3n) is 4.93. The zero-order valence-corrected chi connectivity index (χ0v) is 17.7. The largest absolute Gasteiger partial charge is 0.330 e. The molecule has 0 fully saturated rings. The second kappa shape index (κ2) is 8.84. The maximum absolute atomic E-state index is 12.7. The molecule has 4 rings (SSSR count). The molecule has 9 nitrogen and oxygen atoms in total. The Morgan fingerprint density at radius 1 is 1.12 bits per heavy atom. The highest BCUT2D eigenvalue weighted by Gasteiger charge is 2.13. The average molecular weight is 430 g/mol. The first-order valence-corrected chi connectivity index (χ1v) is 10.1. The third-order valence-corrected chi connectivity index (χ3v) is 4.93. The summed E-state index contributed by atoms with van der Waals surface area (Å²) >= 11 is 0. The van der Waals surface area contributed by atoms with Crippen LogP contribution in [-0.2, 0) is 6.54 Å². The molecule has 2 heterocycles. The molecule has 0 atom stereocenters. The monoisotopic (exact) mass is 430 g/mol. The van der Waals surface area contributed by atoms with E-state index in [-0.39, 0.29) is 17.3 Å². The van der Waals surface area contributed by atoms with Gasteiger partial charge in [-0.2, -0.15) is 5.10 Å². The van der Waals surface area contributed by atoms with E-state index in [0.29, 0.717) is 23.8 Å². The highest BCUT2D eigenvalue weighted by atomic mass is 16.6. The summed E-state index contributed by atoms with van der Waals surface area (Å²) in [7, 11) is 0. The molecule has 0 spiro atoms. The van der Waals surface area contributed by atoms with Crippen LogP contribution in [0, 0.1) is 10.1 Å². The Labute approximate surface area is 184 Å². The number of rotatable bonds is 7. The van der Waals surface area contributed by atoms with Gasteiger partial charge in [0.1, 0.15) is 5.82 Å². The van der Waals surface area contributed by atoms with E-state index in [2.05, 4.69) is 33.8 Å². The lowest BCUT2D eigenvalue weighted by molar-refractivity contribution is -0.384. The van der Waals surface area contributed by atoms with Crippen LogP contribution in [0.5, 0.6) is 0 Å². The van der Waals surface area contributed by atoms with E-state index in [9.17, 15) is 14.9 Å². The molecule has 2 aromatic heterocycles. The molecule has 0 radical (unpaired) electrons. The van der Waals surface area contributed by atoms with Crippen molar-refractivity contribution in [2.24, 2.45) is 0 Å². The van der Waals surface area contributed by atoms with Crippen molar-refractivity contribution in [1.29, 1.82) is 0 Å². The Bertz CT molecular complexity index is 1270. The van der Waals surface area contributed by atoms with Gasteiger partial charge in [0.05, 0.1) is 10.6 Å². The Hall–Kier alpha value is -4.27. The SMILES string of the molecule is CC(C)c1nccn1Cc1cccc(NC(=O)c2ccn(-c3cccc([N+](=O)[O-])c3)n2)c1. The zero-order chi connectivity index (χ0) is 22.7. The van der Waals surface area contributed by atoms with Crippen molar-refractivity contribution in [3.8, 4) is 5.69 Å². The minimum absolute atomic E-state index is 0.0423. The maximum Gasteiger partial charge on any atom is 0.276 e. The van der Waals surface area contributed by atoms with Gasteiger partial charge in [-0.25, -0.2) is 9.67 Å². The highest BCUT2D eigenvalue weighted by Crippen LogP contribution is 2.18. The van der Waals surface area contributed by atoms with Gasteiger partial charge in [-0.3, -0.25) is 14.9 Å². The fraction of sp³-hybridized carbons (Fsp3) is 0.174. The number of hydrogen-bond acceptors (Lipinski definition) is 5. The van der Waals surface area contributed by atoms with Crippen molar-refractivity contribution < 1.29 is 9.72 Å². The lowest BCUT2D eigenvalue weighted by atomic mass is 10.1. The molecule has 2 aromatic carbocycles. The van der Waals surface area contributed by atoms with Gasteiger partial charge in [-0.1, -0.05) is 32.0 Å². The number of carbonyl (C=O) groups is 1. The number of nitro groups is 1. The van der Waals surface area contributed by atoms with E-state index in [1.807, 2.05) is 30.5 Å². The third kappa shape index (κ3) is 4.56. The Morgan fingerprint density at radius 2 is 1.94 bits per heavy atom. The van der Waals surface area contributed by atoms with E-state index >= 15 is 0 Å². The van der Waals surface area contributed by atoms with Crippen molar-refractivity contribution in [3.63, 3.8) is 0 Å². The fourth-order valence-electron chi connectivity index (χ4n) is 3.43. The van der Waals surface area contributed by atoms with Crippen LogP contribution >= 0.6 is 0 Å². The molecular weight excluding hydrogens is 408 g/mol. The molecule has 4 aromatic rings. The summed E-state index contributed by atoms with van der Waals surface area (Å²) in [5, 5.41) is 18.1. The zero-order valence-electron chi connectivity index (χ0n) is 17.7. The number of nitrogens with one attached hydrogen (secondary N) is 1. The Kier molecular flexibility index (Phi) is 5.80. The number of non-ortho nitro benzene ring substituents is 1. The molecule has 162 valence electrons. The number of aromatic nitrogens is 4. The molecule has 0 aliphatic carbocycles. The lowest BCUT2D eigenvalue weighted by Gasteiger charge is -2.11. The summed E-state index contributed by atoms with van der Waals surface area (Å²) in [6.45, 7) is 4.85. The van der Waals surface area contributed by atoms with Crippen molar-refractivity contribution in [1.82, 2.24) is 19.3 Å². The molecule has 0 unspecified atom stereocenters. The Morgan fingerprint density at radius 3 is 2.72 bits per heavy atom. The van der Waals surface area contributed by atoms with Crippen LogP contribution in [0.15, 0.2) is 73.2 Å². The summed E-state index contributed by atoms with van der Waals surface area (Å²) in [5.74, 6) is 0.956. The summed E-state index contributed by atoms with van der Waals surface area (Å²) in [6, 6.07) is 15.3. The number of anilines is 1. The first-order valence-electron chi connectivity index (χ1n) is 10.1. The predicted octanol–water partition coefficient (Wildman–Crippen LogP) is 4.40. The van der Waals surface area contributed by atoms with Gasteiger partial charge in [0.2, 0.25) is 0 Å². The molecular formula is C23H22N6O3. The van der Waals surface area contributed by atoms with Crippen LogP contribution in [-0.4, -0.2) is 30.2 Å². The summed E-state index contributed by atoms with van der Waals surface area (Å²) < 4.78 is 3.52. The number of imidazole rings is 1. The van der Waals surface area contributed by atoms with Gasteiger partial charge in [-0.05, 0) is 29.8 Å². The van der Waals surface area contributed by atoms with Crippen LogP contribution in [0.25, 0.3) is 5.69 Å². The van der Waals surface area contributed by atoms with Gasteiger partial charge < -0.3 is 9.88 Å². The van der Waals surface area contributed by atoms with Crippen LogP contribution in [0.3, 0.4) is 0 Å². The van der Waals surface area contributed by atoms with Gasteiger partial charge in [0.15, 0.2) is 5.69 Å². The molecule has 9 heteroatoms. The summed E-state index contributed by atoms with van der Waals surface area (Å²) in [5.41, 5.74) is 2.35. The Balaban J connectivity index is 1.48. The van der Waals surface area contributed by atoms with Crippen molar-refractivity contribution in [3.05, 3.63) is 100 Å². The first kappa shape index (κ1) is 21.0. The molecule has 1 amide bonds. The number of amides is 1. The predicted molar refractivity (Wildman–Crippen MR) is 120 cm³/mol. The number of nitrogens with zero attached hydrogens (tertiary/aromatic N) is 5. The second-order valence-corrected chi connectivity index (χ2v) is 7.65. The normalized spacial score (nSPS) is 11.0. The van der Waals surface area contributed by atoms with Crippen LogP contribution in [0.2, 0.25) is 0 Å². The van der Waals surface area contributed by atoms with E-state index < -0.39 is 4.92 Å². The first-order chi connectivity index (χ1) is 15.4. The molecule has 0 bridgehead atoms. The van der Waals surface area contributed by atoms with Crippen LogP contribution in [0.4, 0.5) is 11.4 Å². The average Bonchev–Trinajstić information content (AvgIpc) is 3.44. The fourth-order valence-corrected chi connectivity index (χ4v) is 3.43. The van der Waals surface area contributed by atoms with E-state index in [4.69, 9.17) is 0 Å². The smallest absolute Gasteiger partial charge is 0.276 e. The van der Waals surface area contributed by atoms with Gasteiger partial charge in [0.25, 0.3) is 11.6 Å². The van der Waals surface area contributed by atoms with Crippen molar-refractivity contribution >= 4 is 17.3 Å². The van der Waals surface area contributed by atoms with E-state index in [1.54, 1.807) is 30.6 Å². The van der Waals surface area contributed by atoms with Crippen molar-refractivity contribution in [2.45, 2.75) is 26.3 Å². The van der Waals surface area contributed by atoms with Crippen LogP contribution < -0.4 is 5.32 Å². The topological polar surface area (TPSA) is 108 Å². The summed E-state index contributed by atoms with van der Waals surface area (Å²) in [4.78, 5) is 27.6. The molecule has 0 saturated carbocycles. The number of nitro benzene ring substituents is 1. The van der Waals surface area contributed by atoms with E-state index in [1.165, 1.54) is 16.8 Å². The maximum atomic E-state index is 12.7. The van der Waals surface area contributed by atoms with Gasteiger partial charge in [0, 0.05) is 48.9 Å². The molecule has 0 aliphatic heterocycles. The second-order valence-electron chi connectivity index (χ2n) is 7.65. The highest BCUT2D eigenvalue weighted by molar-refractivity contribution is 6.02. The van der Waals surface area contributed by atoms with Gasteiger partial charge in [-0.15, -0.1) is 0 Å². The van der Waals surface area contributed by atoms with Crippen molar-refractivity contribution in [2.75, 3.05) is 5.32 Å². The van der Waals surface area contributed by atoms with Gasteiger partial charge >= 0.3 is 0 Å². The minimum atomic E-state index is -0.471. The summed E-state index contributed by atoms with van der Waals surface area (Å²) in [6.07, 6.45) is 5.33. The number of hydrogen-bond donors (Lipinski definition) is 1. The number of carbonyl (C=O) groups excluding carboxylic acids is 1. The standard InChI is InChI=1S/C23H22N6O3/c1-16(2)22-24-10-12-27(22)15-17-5-3-6-18(13-17)25-23(30)21-9-11-28(26-21)19-7-4-8-20(14-19)29(31)32/h3-14,16H,15H2,1-2H3,(H,25,30). The molecule has 1 N–H and O–H groups in total. The van der Waals surface area contributed by atoms with E-state index in [0.717, 1.165) is 11.4 Å². The molecule has 32 heavy (non-hydrogen) atoms. The lowest BCUT2D eigenvalue weighted by Crippen LogP contribution is -2.13. The molecule has 0 saturated heterocycles. The number of benzene rings is 2. The van der Waals surface area contributed by atoms with Crippen LogP contribution in [0.1, 0.15) is 41.6 Å². The minimum Gasteiger partial charge on any atom is -0.330 e.